The van der Waals surface area contributed by atoms with Crippen LogP contribution in [0.15, 0.2) is 12.1 Å². The number of hydrogen-bond acceptors (Lipinski definition) is 3. The molecule has 4 heteroatoms. The van der Waals surface area contributed by atoms with Crippen LogP contribution in [0, 0.1) is 6.33 Å². The maximum Gasteiger partial charge on any atom is 0.177 e. The Morgan fingerprint density at radius 3 is 2.75 bits per heavy atom. The molecule has 0 saturated carbocycles. The van der Waals surface area contributed by atoms with E-state index in [2.05, 4.69) is 11.3 Å². The molecule has 4 nitrogen and oxygen atoms in total. The number of rotatable bonds is 0. The van der Waals surface area contributed by atoms with E-state index in [1.165, 1.54) is 12.1 Å². The zero-order valence-corrected chi connectivity index (χ0v) is 6.44. The second-order valence-electron chi connectivity index (χ2n) is 2.60. The number of phenolic OH excluding ortho intramolecular Hbond substituents is 2. The second-order valence-corrected chi connectivity index (χ2v) is 2.60. The summed E-state index contributed by atoms with van der Waals surface area (Å²) >= 11 is 0. The summed E-state index contributed by atoms with van der Waals surface area (Å²) in [7, 11) is 1.77. The number of benzene rings is 1. The van der Waals surface area contributed by atoms with E-state index < -0.39 is 0 Å². The van der Waals surface area contributed by atoms with Gasteiger partial charge in [0.1, 0.15) is 0 Å². The highest BCUT2D eigenvalue weighted by molar-refractivity contribution is 5.79. The number of phenols is 2. The fourth-order valence-corrected chi connectivity index (χ4v) is 1.10. The molecule has 0 aliphatic heterocycles. The molecule has 1 heterocycles. The van der Waals surface area contributed by atoms with E-state index in [1.54, 1.807) is 11.6 Å². The maximum absolute atomic E-state index is 9.16. The number of fused-ring (bicyclic) bond motifs is 1. The van der Waals surface area contributed by atoms with Gasteiger partial charge in [-0.05, 0) is 0 Å². The average Bonchev–Trinajstić information content (AvgIpc) is 2.35. The number of aromatic hydroxyl groups is 2. The van der Waals surface area contributed by atoms with Gasteiger partial charge in [-0.25, -0.2) is 4.98 Å². The van der Waals surface area contributed by atoms with Crippen LogP contribution < -0.4 is 0 Å². The highest BCUT2D eigenvalue weighted by Crippen LogP contribution is 2.28. The lowest BCUT2D eigenvalue weighted by Crippen LogP contribution is -1.83. The van der Waals surface area contributed by atoms with Crippen LogP contribution >= 0.6 is 0 Å². The third-order valence-electron chi connectivity index (χ3n) is 1.75. The van der Waals surface area contributed by atoms with Gasteiger partial charge in [0.25, 0.3) is 0 Å². The maximum atomic E-state index is 9.16. The molecule has 0 bridgehead atoms. The summed E-state index contributed by atoms with van der Waals surface area (Å²) in [6.07, 6.45) is 2.68. The Balaban J connectivity index is 2.87. The van der Waals surface area contributed by atoms with Crippen LogP contribution in [0.3, 0.4) is 0 Å². The van der Waals surface area contributed by atoms with Crippen molar-refractivity contribution in [1.29, 1.82) is 0 Å². The van der Waals surface area contributed by atoms with E-state index in [9.17, 15) is 0 Å². The first-order valence-corrected chi connectivity index (χ1v) is 3.44. The average molecular weight is 163 g/mol. The highest BCUT2D eigenvalue weighted by atomic mass is 16.3. The van der Waals surface area contributed by atoms with Gasteiger partial charge in [-0.1, -0.05) is 0 Å². The molecule has 0 fully saturated rings. The van der Waals surface area contributed by atoms with Gasteiger partial charge >= 0.3 is 0 Å². The van der Waals surface area contributed by atoms with Crippen molar-refractivity contribution in [3.8, 4) is 11.5 Å². The summed E-state index contributed by atoms with van der Waals surface area (Å²) in [5.74, 6) is -0.297. The van der Waals surface area contributed by atoms with Gasteiger partial charge in [-0.2, -0.15) is 0 Å². The number of imidazole rings is 1. The van der Waals surface area contributed by atoms with Crippen LogP contribution in [0.5, 0.6) is 11.5 Å². The molecule has 2 N–H and O–H groups in total. The fourth-order valence-electron chi connectivity index (χ4n) is 1.10. The van der Waals surface area contributed by atoms with E-state index in [0.717, 1.165) is 5.52 Å². The third-order valence-corrected chi connectivity index (χ3v) is 1.75. The van der Waals surface area contributed by atoms with Gasteiger partial charge in [0.05, 0.1) is 11.0 Å². The molecule has 0 saturated heterocycles. The Kier molecular flexibility index (Phi) is 1.24. The van der Waals surface area contributed by atoms with E-state index in [0.29, 0.717) is 5.52 Å². The Labute approximate surface area is 68.7 Å². The van der Waals surface area contributed by atoms with Crippen LogP contribution in [0.2, 0.25) is 0 Å². The van der Waals surface area contributed by atoms with Crippen molar-refractivity contribution in [2.45, 2.75) is 0 Å². The normalized spacial score (nSPS) is 10.8. The van der Waals surface area contributed by atoms with Crippen LogP contribution in [0.4, 0.5) is 0 Å². The van der Waals surface area contributed by atoms with Crippen molar-refractivity contribution < 1.29 is 10.2 Å². The second kappa shape index (κ2) is 2.14. The molecule has 12 heavy (non-hydrogen) atoms. The molecule has 0 spiro atoms. The monoisotopic (exact) mass is 163 g/mol. The smallest absolute Gasteiger partial charge is 0.177 e. The van der Waals surface area contributed by atoms with Crippen molar-refractivity contribution in [1.82, 2.24) is 9.55 Å². The lowest BCUT2D eigenvalue weighted by molar-refractivity contribution is 0.404. The molecule has 2 aromatic rings. The van der Waals surface area contributed by atoms with Gasteiger partial charge in [-0.15, -0.1) is 0 Å². The number of nitrogens with zero attached hydrogens (tertiary/aromatic N) is 2. The first-order chi connectivity index (χ1) is 5.68. The largest absolute Gasteiger partial charge is 0.504 e. The molecule has 2 rings (SSSR count). The van der Waals surface area contributed by atoms with Crippen LogP contribution in [-0.2, 0) is 7.05 Å². The van der Waals surface area contributed by atoms with Crippen molar-refractivity contribution >= 4 is 11.0 Å². The molecule has 0 atom stereocenters. The number of hydrogen-bond donors (Lipinski definition) is 2. The van der Waals surface area contributed by atoms with Gasteiger partial charge in [0.2, 0.25) is 0 Å². The Hall–Kier alpha value is -1.71. The topological polar surface area (TPSA) is 58.3 Å². The van der Waals surface area contributed by atoms with Crippen LogP contribution in [-0.4, -0.2) is 19.8 Å². The van der Waals surface area contributed by atoms with E-state index >= 15 is 0 Å². The SMILES string of the molecule is Cn1[c]nc2cc(O)c(O)cc21. The summed E-state index contributed by atoms with van der Waals surface area (Å²) < 4.78 is 1.65. The Bertz CT molecular complexity index is 434. The minimum absolute atomic E-state index is 0.139. The van der Waals surface area contributed by atoms with Gasteiger partial charge in [0, 0.05) is 19.2 Å². The van der Waals surface area contributed by atoms with E-state index in [4.69, 9.17) is 10.2 Å². The zero-order chi connectivity index (χ0) is 8.72. The lowest BCUT2D eigenvalue weighted by Gasteiger charge is -1.97. The standard InChI is InChI=1S/C8H7N2O2/c1-10-4-9-5-2-7(11)8(12)3-6(5)10/h2-3,11-12H,1H3. The molecule has 0 aliphatic carbocycles. The molecular weight excluding hydrogens is 156 g/mol. The highest BCUT2D eigenvalue weighted by Gasteiger charge is 2.05. The molecule has 0 unspecified atom stereocenters. The summed E-state index contributed by atoms with van der Waals surface area (Å²) in [4.78, 5) is 3.89. The third kappa shape index (κ3) is 0.812. The fraction of sp³-hybridized carbons (Fsp3) is 0.125. The summed E-state index contributed by atoms with van der Waals surface area (Å²) in [5, 5.41) is 18.3. The van der Waals surface area contributed by atoms with Crippen molar-refractivity contribution in [3.63, 3.8) is 0 Å². The molecule has 1 aromatic heterocycles. The number of aromatic nitrogens is 2. The van der Waals surface area contributed by atoms with Crippen LogP contribution in [0.1, 0.15) is 0 Å². The number of aryl methyl sites for hydroxylation is 1. The quantitative estimate of drug-likeness (QED) is 0.564. The molecule has 1 aromatic carbocycles. The van der Waals surface area contributed by atoms with Gasteiger partial charge in [-0.3, -0.25) is 0 Å². The predicted molar refractivity (Wildman–Crippen MR) is 42.9 cm³/mol. The van der Waals surface area contributed by atoms with Crippen molar-refractivity contribution in [2.24, 2.45) is 7.05 Å². The van der Waals surface area contributed by atoms with Crippen molar-refractivity contribution in [3.05, 3.63) is 18.5 Å². The Morgan fingerprint density at radius 2 is 2.00 bits per heavy atom. The van der Waals surface area contributed by atoms with E-state index in [1.807, 2.05) is 0 Å². The van der Waals surface area contributed by atoms with Gasteiger partial charge < -0.3 is 14.8 Å². The van der Waals surface area contributed by atoms with Crippen molar-refractivity contribution in [2.75, 3.05) is 0 Å². The molecular formula is C8H7N2O2. The minimum atomic E-state index is -0.158. The zero-order valence-electron chi connectivity index (χ0n) is 6.44. The lowest BCUT2D eigenvalue weighted by atomic mass is 10.3. The molecule has 0 amide bonds. The Morgan fingerprint density at radius 1 is 1.33 bits per heavy atom. The summed E-state index contributed by atoms with van der Waals surface area (Å²) in [5.41, 5.74) is 1.36. The van der Waals surface area contributed by atoms with Crippen LogP contribution in [0.25, 0.3) is 11.0 Å². The van der Waals surface area contributed by atoms with Gasteiger partial charge in [0.15, 0.2) is 17.8 Å². The first-order valence-electron chi connectivity index (χ1n) is 3.44. The summed E-state index contributed by atoms with van der Waals surface area (Å²) in [6.45, 7) is 0. The van der Waals surface area contributed by atoms with E-state index in [-0.39, 0.29) is 11.5 Å². The molecule has 1 radical (unpaired) electrons. The molecule has 61 valence electrons. The first kappa shape index (κ1) is 6.97. The predicted octanol–water partition coefficient (Wildman–Crippen LogP) is 0.785. The molecule has 0 aliphatic rings. The summed E-state index contributed by atoms with van der Waals surface area (Å²) in [6, 6.07) is 2.86. The minimum Gasteiger partial charge on any atom is -0.504 e.